The van der Waals surface area contributed by atoms with Gasteiger partial charge in [0.05, 0.1) is 11.7 Å². The second-order valence-electron chi connectivity index (χ2n) is 5.37. The van der Waals surface area contributed by atoms with Crippen LogP contribution in [0.25, 0.3) is 0 Å². The minimum absolute atomic E-state index is 0.369. The Kier molecular flexibility index (Phi) is 3.32. The van der Waals surface area contributed by atoms with Gasteiger partial charge in [-0.3, -0.25) is 14.9 Å². The van der Waals surface area contributed by atoms with Crippen molar-refractivity contribution in [1.82, 2.24) is 5.32 Å². The number of nitrogens with zero attached hydrogens (tertiary/aromatic N) is 1. The van der Waals surface area contributed by atoms with Crippen LogP contribution in [0.3, 0.4) is 0 Å². The summed E-state index contributed by atoms with van der Waals surface area (Å²) in [6.45, 7) is 0. The summed E-state index contributed by atoms with van der Waals surface area (Å²) in [5.74, 6) is -10.3. The molecule has 10 heteroatoms. The van der Waals surface area contributed by atoms with Gasteiger partial charge in [0, 0.05) is 24.8 Å². The minimum atomic E-state index is -2.92. The van der Waals surface area contributed by atoms with Gasteiger partial charge in [-0.1, -0.05) is 0 Å². The van der Waals surface area contributed by atoms with E-state index in [1.54, 1.807) is 5.32 Å². The predicted molar refractivity (Wildman–Crippen MR) is 65.8 cm³/mol. The number of nitrogens with one attached hydrogen (secondary N) is 1. The van der Waals surface area contributed by atoms with E-state index in [0.29, 0.717) is 0 Å². The Morgan fingerprint density at radius 3 is 2.30 bits per heavy atom. The van der Waals surface area contributed by atoms with Crippen LogP contribution in [0.4, 0.5) is 27.6 Å². The molecule has 2 amide bonds. The van der Waals surface area contributed by atoms with Gasteiger partial charge in [0.15, 0.2) is 23.3 Å². The molecule has 3 rings (SSSR count). The van der Waals surface area contributed by atoms with Crippen molar-refractivity contribution >= 4 is 17.5 Å². The summed E-state index contributed by atoms with van der Waals surface area (Å²) < 4.78 is 68.8. The summed E-state index contributed by atoms with van der Waals surface area (Å²) in [4.78, 5) is 22.8. The molecule has 1 N–H and O–H groups in total. The van der Waals surface area contributed by atoms with Gasteiger partial charge in [-0.05, 0) is 0 Å². The number of piperidine rings is 1. The SMILES string of the molecule is O=C1CCC(F)(C2Cc3c(F)c(F)c(F)c(F)c3N2[O-])C(=O)N1. The van der Waals surface area contributed by atoms with Crippen LogP contribution in [0, 0.1) is 28.5 Å². The molecular formula is C13H8F5N2O3-. The molecular weight excluding hydrogens is 327 g/mol. The summed E-state index contributed by atoms with van der Waals surface area (Å²) in [5.41, 5.74) is -4.93. The van der Waals surface area contributed by atoms with Gasteiger partial charge in [0.2, 0.25) is 11.6 Å². The molecule has 0 saturated carbocycles. The lowest BCUT2D eigenvalue weighted by atomic mass is 9.85. The molecule has 1 aromatic carbocycles. The first-order valence-corrected chi connectivity index (χ1v) is 6.53. The van der Waals surface area contributed by atoms with Gasteiger partial charge in [-0.25, -0.2) is 22.0 Å². The van der Waals surface area contributed by atoms with Crippen molar-refractivity contribution in [3.63, 3.8) is 0 Å². The zero-order valence-corrected chi connectivity index (χ0v) is 11.3. The van der Waals surface area contributed by atoms with Crippen LogP contribution in [-0.2, 0) is 16.0 Å². The monoisotopic (exact) mass is 335 g/mol. The maximum atomic E-state index is 14.9. The van der Waals surface area contributed by atoms with Crippen molar-refractivity contribution in [2.45, 2.75) is 31.0 Å². The average Bonchev–Trinajstić information content (AvgIpc) is 2.85. The lowest BCUT2D eigenvalue weighted by Gasteiger charge is -2.42. The van der Waals surface area contributed by atoms with E-state index in [-0.39, 0.29) is 5.06 Å². The molecule has 0 aromatic heterocycles. The number of amides is 2. The molecule has 23 heavy (non-hydrogen) atoms. The van der Waals surface area contributed by atoms with Crippen molar-refractivity contribution < 1.29 is 31.5 Å². The van der Waals surface area contributed by atoms with Gasteiger partial charge >= 0.3 is 0 Å². The smallest absolute Gasteiger partial charge is 0.266 e. The summed E-state index contributed by atoms with van der Waals surface area (Å²) >= 11 is 0. The van der Waals surface area contributed by atoms with Gasteiger partial charge in [-0.15, -0.1) is 0 Å². The Balaban J connectivity index is 2.06. The summed E-state index contributed by atoms with van der Waals surface area (Å²) in [5, 5.41) is 13.4. The van der Waals surface area contributed by atoms with Crippen molar-refractivity contribution in [1.29, 1.82) is 0 Å². The zero-order valence-electron chi connectivity index (χ0n) is 11.3. The number of benzene rings is 1. The standard InChI is InChI=1S/C13H8F5N2O3/c14-7-4-3-5(13(18)2-1-6(21)19-12(13)22)20(23)11(4)10(17)9(16)8(7)15/h5H,1-3H2,(H,19,21,22)/q-1. The molecule has 2 aliphatic rings. The van der Waals surface area contributed by atoms with Crippen molar-refractivity contribution in [3.05, 3.63) is 34.0 Å². The molecule has 0 spiro atoms. The van der Waals surface area contributed by atoms with E-state index < -0.39 is 77.3 Å². The number of halogens is 5. The fourth-order valence-electron chi connectivity index (χ4n) is 2.88. The van der Waals surface area contributed by atoms with Crippen molar-refractivity contribution in [2.75, 3.05) is 5.06 Å². The van der Waals surface area contributed by atoms with E-state index in [1.165, 1.54) is 0 Å². The molecule has 2 atom stereocenters. The van der Waals surface area contributed by atoms with Crippen LogP contribution in [0.2, 0.25) is 0 Å². The van der Waals surface area contributed by atoms with Crippen molar-refractivity contribution in [3.8, 4) is 0 Å². The molecule has 124 valence electrons. The third kappa shape index (κ3) is 2.01. The van der Waals surface area contributed by atoms with Crippen LogP contribution in [0.5, 0.6) is 0 Å². The zero-order chi connectivity index (χ0) is 17.1. The highest BCUT2D eigenvalue weighted by Crippen LogP contribution is 2.44. The van der Waals surface area contributed by atoms with Crippen LogP contribution in [0.1, 0.15) is 18.4 Å². The van der Waals surface area contributed by atoms with E-state index in [0.717, 1.165) is 0 Å². The van der Waals surface area contributed by atoms with E-state index in [1.807, 2.05) is 0 Å². The Bertz CT molecular complexity index is 741. The Morgan fingerprint density at radius 1 is 1.09 bits per heavy atom. The first-order chi connectivity index (χ1) is 10.7. The molecule has 1 saturated heterocycles. The summed E-state index contributed by atoms with van der Waals surface area (Å²) in [6.07, 6.45) is -1.93. The lowest BCUT2D eigenvalue weighted by Crippen LogP contribution is -2.60. The number of imide groups is 1. The molecule has 0 bridgehead atoms. The first kappa shape index (κ1) is 15.7. The van der Waals surface area contributed by atoms with Crippen LogP contribution >= 0.6 is 0 Å². The van der Waals surface area contributed by atoms with Crippen LogP contribution < -0.4 is 10.4 Å². The summed E-state index contributed by atoms with van der Waals surface area (Å²) in [7, 11) is 0. The largest absolute Gasteiger partial charge is 0.758 e. The average molecular weight is 335 g/mol. The molecule has 1 fully saturated rings. The fraction of sp³-hybridized carbons (Fsp3) is 0.385. The molecule has 2 aliphatic heterocycles. The van der Waals surface area contributed by atoms with Crippen LogP contribution in [-0.4, -0.2) is 23.5 Å². The molecule has 0 aliphatic carbocycles. The normalized spacial score (nSPS) is 27.2. The molecule has 0 radical (unpaired) electrons. The number of rotatable bonds is 1. The number of alkyl halides is 1. The third-order valence-corrected chi connectivity index (χ3v) is 4.11. The van der Waals surface area contributed by atoms with Gasteiger partial charge < -0.3 is 10.3 Å². The predicted octanol–water partition coefficient (Wildman–Crippen LogP) is 1.62. The Hall–Kier alpha value is -2.23. The number of fused-ring (bicyclic) bond motifs is 1. The lowest BCUT2D eigenvalue weighted by molar-refractivity contribution is -0.144. The highest BCUT2D eigenvalue weighted by atomic mass is 19.2. The maximum absolute atomic E-state index is 14.9. The second kappa shape index (κ2) is 4.88. The number of hydrogen-bond acceptors (Lipinski definition) is 4. The highest BCUT2D eigenvalue weighted by Gasteiger charge is 2.53. The topological polar surface area (TPSA) is 72.5 Å². The van der Waals surface area contributed by atoms with Crippen LogP contribution in [0.15, 0.2) is 0 Å². The second-order valence-corrected chi connectivity index (χ2v) is 5.37. The van der Waals surface area contributed by atoms with E-state index >= 15 is 0 Å². The fourth-order valence-corrected chi connectivity index (χ4v) is 2.88. The number of carbonyl (C=O) groups is 2. The number of hydroxylamine groups is 1. The first-order valence-electron chi connectivity index (χ1n) is 6.53. The number of anilines is 1. The van der Waals surface area contributed by atoms with E-state index in [4.69, 9.17) is 0 Å². The third-order valence-electron chi connectivity index (χ3n) is 4.11. The Morgan fingerprint density at radius 2 is 1.70 bits per heavy atom. The van der Waals surface area contributed by atoms with E-state index in [2.05, 4.69) is 0 Å². The van der Waals surface area contributed by atoms with Gasteiger partial charge in [0.1, 0.15) is 0 Å². The number of carbonyl (C=O) groups excluding carboxylic acids is 2. The number of hydrogen-bond donors (Lipinski definition) is 1. The molecule has 5 nitrogen and oxygen atoms in total. The van der Waals surface area contributed by atoms with Gasteiger partial charge in [-0.2, -0.15) is 0 Å². The van der Waals surface area contributed by atoms with Gasteiger partial charge in [0.25, 0.3) is 5.91 Å². The maximum Gasteiger partial charge on any atom is 0.266 e. The molecule has 2 heterocycles. The van der Waals surface area contributed by atoms with Crippen molar-refractivity contribution in [2.24, 2.45) is 0 Å². The minimum Gasteiger partial charge on any atom is -0.758 e. The molecule has 1 aromatic rings. The van der Waals surface area contributed by atoms with E-state index in [9.17, 15) is 36.7 Å². The highest BCUT2D eigenvalue weighted by molar-refractivity contribution is 6.03. The summed E-state index contributed by atoms with van der Waals surface area (Å²) in [6, 6.07) is -1.93. The quantitative estimate of drug-likeness (QED) is 0.366. The molecule has 2 unspecified atom stereocenters. The Labute approximate surface area is 125 Å².